The molecule has 1 unspecified atom stereocenters. The SMILES string of the molecule is CCCCCCC(Cc1cc(C(C)(C)C)c(O)c(C(C)(C)C)c1CC)C(=O)O. The van der Waals surface area contributed by atoms with E-state index in [-0.39, 0.29) is 16.7 Å². The van der Waals surface area contributed by atoms with E-state index < -0.39 is 5.97 Å². The third-order valence-corrected chi connectivity index (χ3v) is 5.63. The van der Waals surface area contributed by atoms with E-state index >= 15 is 0 Å². The van der Waals surface area contributed by atoms with Crippen LogP contribution < -0.4 is 0 Å². The Balaban J connectivity index is 3.44. The zero-order valence-corrected chi connectivity index (χ0v) is 19.4. The Hall–Kier alpha value is -1.51. The van der Waals surface area contributed by atoms with Crippen molar-refractivity contribution >= 4 is 5.97 Å². The minimum Gasteiger partial charge on any atom is -0.507 e. The standard InChI is InChI=1S/C25H42O3/c1-9-11-12-13-14-17(23(27)28)15-18-16-20(24(3,4)5)22(26)21(19(18)10-2)25(6,7)8/h16-17,26H,9-15H2,1-8H3,(H,27,28). The molecule has 1 aromatic rings. The number of hydrogen-bond acceptors (Lipinski definition) is 2. The topological polar surface area (TPSA) is 57.5 Å². The summed E-state index contributed by atoms with van der Waals surface area (Å²) < 4.78 is 0. The first-order valence-electron chi connectivity index (χ1n) is 11.0. The van der Waals surface area contributed by atoms with Crippen LogP contribution in [0, 0.1) is 5.92 Å². The van der Waals surface area contributed by atoms with Crippen LogP contribution >= 0.6 is 0 Å². The Labute approximate surface area is 172 Å². The van der Waals surface area contributed by atoms with Crippen molar-refractivity contribution in [1.29, 1.82) is 0 Å². The predicted octanol–water partition coefficient (Wildman–Crippen LogP) is 6.76. The highest BCUT2D eigenvalue weighted by molar-refractivity contribution is 5.70. The summed E-state index contributed by atoms with van der Waals surface area (Å²) in [7, 11) is 0. The van der Waals surface area contributed by atoms with Crippen molar-refractivity contribution in [3.05, 3.63) is 28.3 Å². The smallest absolute Gasteiger partial charge is 0.306 e. The van der Waals surface area contributed by atoms with Gasteiger partial charge in [0, 0.05) is 5.56 Å². The van der Waals surface area contributed by atoms with Crippen LogP contribution in [0.3, 0.4) is 0 Å². The molecule has 0 amide bonds. The molecule has 2 N–H and O–H groups in total. The van der Waals surface area contributed by atoms with Crippen LogP contribution in [0.2, 0.25) is 0 Å². The summed E-state index contributed by atoms with van der Waals surface area (Å²) in [6, 6.07) is 2.07. The van der Waals surface area contributed by atoms with Crippen molar-refractivity contribution in [3.8, 4) is 5.75 Å². The fourth-order valence-corrected chi connectivity index (χ4v) is 4.13. The van der Waals surface area contributed by atoms with E-state index in [1.54, 1.807) is 0 Å². The van der Waals surface area contributed by atoms with Crippen molar-refractivity contribution in [3.63, 3.8) is 0 Å². The van der Waals surface area contributed by atoms with Gasteiger partial charge in [-0.1, -0.05) is 87.1 Å². The molecule has 160 valence electrons. The number of aromatic hydroxyl groups is 1. The van der Waals surface area contributed by atoms with Gasteiger partial charge in [-0.2, -0.15) is 0 Å². The Morgan fingerprint density at radius 2 is 1.61 bits per heavy atom. The lowest BCUT2D eigenvalue weighted by molar-refractivity contribution is -0.142. The highest BCUT2D eigenvalue weighted by Gasteiger charge is 2.31. The van der Waals surface area contributed by atoms with Crippen molar-refractivity contribution < 1.29 is 15.0 Å². The highest BCUT2D eigenvalue weighted by Crippen LogP contribution is 2.43. The summed E-state index contributed by atoms with van der Waals surface area (Å²) in [5.41, 5.74) is 3.71. The molecule has 0 saturated heterocycles. The first kappa shape index (κ1) is 24.5. The van der Waals surface area contributed by atoms with E-state index in [2.05, 4.69) is 61.5 Å². The molecule has 1 rings (SSSR count). The summed E-state index contributed by atoms with van der Waals surface area (Å²) in [6.07, 6.45) is 6.42. The lowest BCUT2D eigenvalue weighted by Gasteiger charge is -2.32. The maximum absolute atomic E-state index is 11.9. The molecule has 0 aromatic heterocycles. The quantitative estimate of drug-likeness (QED) is 0.458. The van der Waals surface area contributed by atoms with Gasteiger partial charge in [0.2, 0.25) is 0 Å². The Morgan fingerprint density at radius 1 is 1.00 bits per heavy atom. The third-order valence-electron chi connectivity index (χ3n) is 5.63. The summed E-state index contributed by atoms with van der Waals surface area (Å²) in [5.74, 6) is -0.691. The van der Waals surface area contributed by atoms with Crippen molar-refractivity contribution in [1.82, 2.24) is 0 Å². The van der Waals surface area contributed by atoms with Crippen LogP contribution in [0.15, 0.2) is 6.07 Å². The molecule has 1 aromatic carbocycles. The summed E-state index contributed by atoms with van der Waals surface area (Å²) >= 11 is 0. The number of carboxylic acid groups (broad SMARTS) is 1. The van der Waals surface area contributed by atoms with Crippen LogP contribution in [0.4, 0.5) is 0 Å². The van der Waals surface area contributed by atoms with Gasteiger partial charge in [-0.3, -0.25) is 4.79 Å². The van der Waals surface area contributed by atoms with E-state index in [0.717, 1.165) is 60.8 Å². The Bertz CT molecular complexity index is 660. The predicted molar refractivity (Wildman–Crippen MR) is 118 cm³/mol. The van der Waals surface area contributed by atoms with Crippen LogP contribution in [0.25, 0.3) is 0 Å². The molecule has 3 heteroatoms. The molecular weight excluding hydrogens is 348 g/mol. The summed E-state index contributed by atoms with van der Waals surface area (Å²) in [4.78, 5) is 11.9. The number of aliphatic carboxylic acids is 1. The number of unbranched alkanes of at least 4 members (excludes halogenated alkanes) is 3. The van der Waals surface area contributed by atoms with Gasteiger partial charge >= 0.3 is 5.97 Å². The number of phenolic OH excluding ortho intramolecular Hbond substituents is 1. The lowest BCUT2D eigenvalue weighted by Crippen LogP contribution is -2.23. The second-order valence-corrected chi connectivity index (χ2v) is 10.2. The van der Waals surface area contributed by atoms with Gasteiger partial charge in [-0.05, 0) is 46.8 Å². The van der Waals surface area contributed by atoms with Gasteiger partial charge < -0.3 is 10.2 Å². The summed E-state index contributed by atoms with van der Waals surface area (Å²) in [5, 5.41) is 20.9. The molecule has 3 nitrogen and oxygen atoms in total. The molecule has 0 aliphatic carbocycles. The van der Waals surface area contributed by atoms with E-state index in [1.165, 1.54) is 0 Å². The molecule has 0 saturated carbocycles. The first-order chi connectivity index (χ1) is 12.8. The normalized spacial score (nSPS) is 13.6. The number of hydrogen-bond donors (Lipinski definition) is 2. The first-order valence-corrected chi connectivity index (χ1v) is 11.0. The van der Waals surface area contributed by atoms with E-state index in [4.69, 9.17) is 0 Å². The molecule has 28 heavy (non-hydrogen) atoms. The minimum atomic E-state index is -0.707. The monoisotopic (exact) mass is 390 g/mol. The fraction of sp³-hybridized carbons (Fsp3) is 0.720. The Morgan fingerprint density at radius 3 is 2.04 bits per heavy atom. The average Bonchev–Trinajstić information content (AvgIpc) is 2.55. The van der Waals surface area contributed by atoms with Crippen molar-refractivity contribution in [2.75, 3.05) is 0 Å². The van der Waals surface area contributed by atoms with Crippen molar-refractivity contribution in [2.45, 2.75) is 111 Å². The van der Waals surface area contributed by atoms with Crippen LogP contribution in [0.1, 0.15) is 110 Å². The maximum atomic E-state index is 11.9. The van der Waals surface area contributed by atoms with Crippen molar-refractivity contribution in [2.24, 2.45) is 5.92 Å². The molecule has 0 fully saturated rings. The van der Waals surface area contributed by atoms with Gasteiger partial charge in [0.1, 0.15) is 5.75 Å². The zero-order chi connectivity index (χ0) is 21.7. The molecule has 0 radical (unpaired) electrons. The second-order valence-electron chi connectivity index (χ2n) is 10.2. The maximum Gasteiger partial charge on any atom is 0.306 e. The van der Waals surface area contributed by atoms with Gasteiger partial charge in [-0.15, -0.1) is 0 Å². The van der Waals surface area contributed by atoms with E-state index in [0.29, 0.717) is 12.2 Å². The number of carboxylic acids is 1. The number of phenols is 1. The third kappa shape index (κ3) is 6.25. The lowest BCUT2D eigenvalue weighted by atomic mass is 9.74. The molecule has 0 aliphatic heterocycles. The average molecular weight is 391 g/mol. The zero-order valence-electron chi connectivity index (χ0n) is 19.4. The van der Waals surface area contributed by atoms with E-state index in [9.17, 15) is 15.0 Å². The van der Waals surface area contributed by atoms with Gasteiger partial charge in [0.25, 0.3) is 0 Å². The fourth-order valence-electron chi connectivity index (χ4n) is 4.13. The number of rotatable bonds is 9. The van der Waals surface area contributed by atoms with Gasteiger partial charge in [0.15, 0.2) is 0 Å². The van der Waals surface area contributed by atoms with Crippen LogP contribution in [-0.2, 0) is 28.5 Å². The largest absolute Gasteiger partial charge is 0.507 e. The van der Waals surface area contributed by atoms with Gasteiger partial charge in [0.05, 0.1) is 5.92 Å². The molecule has 0 bridgehead atoms. The highest BCUT2D eigenvalue weighted by atomic mass is 16.4. The molecule has 0 spiro atoms. The summed E-state index contributed by atoms with van der Waals surface area (Å²) in [6.45, 7) is 16.9. The second kappa shape index (κ2) is 9.80. The van der Waals surface area contributed by atoms with Gasteiger partial charge in [-0.25, -0.2) is 0 Å². The van der Waals surface area contributed by atoms with Crippen LogP contribution in [-0.4, -0.2) is 16.2 Å². The van der Waals surface area contributed by atoms with Crippen LogP contribution in [0.5, 0.6) is 5.75 Å². The van der Waals surface area contributed by atoms with E-state index in [1.807, 2.05) is 0 Å². The number of carbonyl (C=O) groups is 1. The molecule has 1 atom stereocenters. The molecule has 0 heterocycles. The Kier molecular flexibility index (Phi) is 8.59. The number of benzene rings is 1. The molecular formula is C25H42O3. The minimum absolute atomic E-state index is 0.203. The molecule has 0 aliphatic rings.